The zero-order chi connectivity index (χ0) is 38.5. The fraction of sp³-hybridized carbons (Fsp3) is 0.265. The second kappa shape index (κ2) is 19.9. The fourth-order valence-corrected chi connectivity index (χ4v) is 9.76. The van der Waals surface area contributed by atoms with Crippen LogP contribution in [0.25, 0.3) is 0 Å². The monoisotopic (exact) mass is 796 g/mol. The third-order valence-corrected chi connectivity index (χ3v) is 12.7. The van der Waals surface area contributed by atoms with E-state index in [9.17, 15) is 0 Å². The predicted molar refractivity (Wildman–Crippen MR) is 230 cm³/mol. The maximum atomic E-state index is 6.46. The van der Waals surface area contributed by atoms with Gasteiger partial charge in [0, 0.05) is 0 Å². The summed E-state index contributed by atoms with van der Waals surface area (Å²) in [6, 6.07) is 55.6. The van der Waals surface area contributed by atoms with Crippen LogP contribution < -0.4 is 9.05 Å². The average Bonchev–Trinajstić information content (AvgIpc) is 3.27. The largest absolute Gasteiger partial charge is 0.426 e. The fourth-order valence-electron chi connectivity index (χ4n) is 7.21. The molecule has 6 aromatic rings. The molecule has 0 amide bonds. The molecule has 0 bridgehead atoms. The van der Waals surface area contributed by atoms with Crippen LogP contribution in [0.2, 0.25) is 0 Å². The van der Waals surface area contributed by atoms with E-state index in [0.717, 1.165) is 62.9 Å². The van der Waals surface area contributed by atoms with Crippen LogP contribution in [0.15, 0.2) is 158 Å². The van der Waals surface area contributed by atoms with E-state index in [0.29, 0.717) is 26.4 Å². The van der Waals surface area contributed by atoms with Crippen molar-refractivity contribution < 1.29 is 27.1 Å². The molecule has 2 aliphatic rings. The van der Waals surface area contributed by atoms with Crippen molar-refractivity contribution in [1.29, 1.82) is 0 Å². The van der Waals surface area contributed by atoms with Crippen LogP contribution >= 0.6 is 17.2 Å². The lowest BCUT2D eigenvalue weighted by atomic mass is 9.93. The van der Waals surface area contributed by atoms with Gasteiger partial charge in [-0.2, -0.15) is 0 Å². The van der Waals surface area contributed by atoms with E-state index in [1.165, 1.54) is 44.5 Å². The summed E-state index contributed by atoms with van der Waals surface area (Å²) in [7, 11) is -3.14. The van der Waals surface area contributed by atoms with Gasteiger partial charge in [0.05, 0.1) is 31.8 Å². The summed E-state index contributed by atoms with van der Waals surface area (Å²) in [5.74, 6) is 1.64. The van der Waals surface area contributed by atoms with Gasteiger partial charge in [-0.1, -0.05) is 146 Å². The van der Waals surface area contributed by atoms with Crippen molar-refractivity contribution in [2.75, 3.05) is 26.4 Å². The molecule has 57 heavy (non-hydrogen) atoms. The highest BCUT2D eigenvalue weighted by atomic mass is 31.2. The van der Waals surface area contributed by atoms with Crippen LogP contribution in [-0.4, -0.2) is 26.4 Å². The zero-order valence-electron chi connectivity index (χ0n) is 32.3. The normalized spacial score (nSPS) is 19.3. The minimum atomic E-state index is -1.57. The minimum Gasteiger partial charge on any atom is -0.426 e. The predicted octanol–water partition coefficient (Wildman–Crippen LogP) is 11.8. The van der Waals surface area contributed by atoms with Crippen LogP contribution in [0.5, 0.6) is 11.5 Å². The molecule has 0 radical (unpaired) electrons. The van der Waals surface area contributed by atoms with E-state index in [-0.39, 0.29) is 0 Å². The average molecular weight is 797 g/mol. The van der Waals surface area contributed by atoms with Gasteiger partial charge in [0.1, 0.15) is 11.5 Å². The van der Waals surface area contributed by atoms with E-state index in [1.807, 2.05) is 0 Å². The standard InChI is InChI=1S/C49H50O6P2/c1-5-13-39(14-6-1)21-23-43-27-31-47(45(33-43)29-25-41-17-9-3-10-18-41)54-56-50-35-49(36-51-56)37-52-57(53-38-49)55-48-32-28-44(24-22-40-15-7-2-8-16-40)34-46(48)30-26-42-19-11-4-12-20-42/h1-20,27-28,31-34H,21-26,29-30,35-38H2. The molecule has 2 heterocycles. The summed E-state index contributed by atoms with van der Waals surface area (Å²) in [4.78, 5) is 0. The van der Waals surface area contributed by atoms with Crippen molar-refractivity contribution in [2.45, 2.75) is 51.4 Å². The maximum absolute atomic E-state index is 6.46. The van der Waals surface area contributed by atoms with Crippen molar-refractivity contribution in [2.24, 2.45) is 5.41 Å². The van der Waals surface area contributed by atoms with Crippen molar-refractivity contribution in [1.82, 2.24) is 0 Å². The lowest BCUT2D eigenvalue weighted by Gasteiger charge is -2.41. The summed E-state index contributed by atoms with van der Waals surface area (Å²) >= 11 is 0. The van der Waals surface area contributed by atoms with Gasteiger partial charge in [-0.15, -0.1) is 0 Å². The molecule has 0 aromatic heterocycles. The van der Waals surface area contributed by atoms with Gasteiger partial charge in [0.15, 0.2) is 0 Å². The number of hydrogen-bond donors (Lipinski definition) is 0. The topological polar surface area (TPSA) is 55.4 Å². The first-order chi connectivity index (χ1) is 28.1. The molecule has 0 atom stereocenters. The zero-order valence-corrected chi connectivity index (χ0v) is 34.1. The molecule has 0 unspecified atom stereocenters. The van der Waals surface area contributed by atoms with Gasteiger partial charge in [-0.3, -0.25) is 0 Å². The highest BCUT2D eigenvalue weighted by molar-refractivity contribution is 7.42. The van der Waals surface area contributed by atoms with Crippen molar-refractivity contribution in [3.05, 3.63) is 202 Å². The molecule has 0 N–H and O–H groups in total. The van der Waals surface area contributed by atoms with Gasteiger partial charge in [-0.05, 0) is 108 Å². The molecule has 1 spiro atoms. The van der Waals surface area contributed by atoms with E-state index >= 15 is 0 Å². The first-order valence-electron chi connectivity index (χ1n) is 20.0. The molecular formula is C49H50O6P2. The van der Waals surface area contributed by atoms with Crippen molar-refractivity contribution >= 4 is 17.2 Å². The van der Waals surface area contributed by atoms with Crippen LogP contribution in [-0.2, 0) is 69.5 Å². The Hall–Kier alpha value is -4.38. The lowest BCUT2D eigenvalue weighted by molar-refractivity contribution is -0.0673. The summed E-state index contributed by atoms with van der Waals surface area (Å²) < 4.78 is 38.0. The van der Waals surface area contributed by atoms with E-state index < -0.39 is 22.6 Å². The van der Waals surface area contributed by atoms with Crippen LogP contribution in [0.3, 0.4) is 0 Å². The molecule has 8 heteroatoms. The highest BCUT2D eigenvalue weighted by Gasteiger charge is 2.45. The van der Waals surface area contributed by atoms with Gasteiger partial charge in [0.2, 0.25) is 0 Å². The molecule has 2 fully saturated rings. The van der Waals surface area contributed by atoms with Gasteiger partial charge in [0.25, 0.3) is 0 Å². The molecule has 2 aliphatic heterocycles. The van der Waals surface area contributed by atoms with Crippen molar-refractivity contribution in [3.63, 3.8) is 0 Å². The Kier molecular flexibility index (Phi) is 13.7. The number of hydrogen-bond acceptors (Lipinski definition) is 6. The molecule has 0 aliphatic carbocycles. The van der Waals surface area contributed by atoms with Crippen molar-refractivity contribution in [3.8, 4) is 11.5 Å². The number of aryl methyl sites for hydroxylation is 8. The number of rotatable bonds is 16. The van der Waals surface area contributed by atoms with E-state index in [4.69, 9.17) is 27.1 Å². The summed E-state index contributed by atoms with van der Waals surface area (Å²) in [6.45, 7) is 1.70. The SMILES string of the molecule is c1ccc(CCc2ccc(OP3OCC4(CO3)COP(Oc3ccc(CCc5ccccc5)cc3CCc3ccccc3)OC4)c(CCc3ccccc3)c2)cc1. The Morgan fingerprint density at radius 1 is 0.351 bits per heavy atom. The molecular weight excluding hydrogens is 746 g/mol. The van der Waals surface area contributed by atoms with Gasteiger partial charge >= 0.3 is 17.2 Å². The second-order valence-electron chi connectivity index (χ2n) is 15.1. The van der Waals surface area contributed by atoms with Gasteiger partial charge in [-0.25, -0.2) is 0 Å². The Morgan fingerprint density at radius 2 is 0.649 bits per heavy atom. The summed E-state index contributed by atoms with van der Waals surface area (Å²) in [6.07, 6.45) is 7.50. The molecule has 292 valence electrons. The van der Waals surface area contributed by atoms with Gasteiger partial charge < -0.3 is 27.1 Å². The van der Waals surface area contributed by atoms with Crippen LogP contribution in [0.4, 0.5) is 0 Å². The maximum Gasteiger partial charge on any atom is 0.397 e. The summed E-state index contributed by atoms with van der Waals surface area (Å²) in [5.41, 5.74) is 9.79. The first-order valence-corrected chi connectivity index (χ1v) is 22.2. The molecule has 8 rings (SSSR count). The lowest BCUT2D eigenvalue weighted by Crippen LogP contribution is -2.45. The number of benzene rings is 6. The highest BCUT2D eigenvalue weighted by Crippen LogP contribution is 2.53. The smallest absolute Gasteiger partial charge is 0.397 e. The van der Waals surface area contributed by atoms with Crippen LogP contribution in [0, 0.1) is 5.41 Å². The first kappa shape index (κ1) is 39.4. The second-order valence-corrected chi connectivity index (χ2v) is 17.3. The Labute approximate surface area is 340 Å². The van der Waals surface area contributed by atoms with Crippen LogP contribution in [0.1, 0.15) is 44.5 Å². The Balaban J connectivity index is 0.865. The third-order valence-electron chi connectivity index (χ3n) is 10.6. The quantitative estimate of drug-likeness (QED) is 0.0910. The third kappa shape index (κ3) is 11.4. The van der Waals surface area contributed by atoms with E-state index in [1.54, 1.807) is 0 Å². The Bertz CT molecular complexity index is 1960. The summed E-state index contributed by atoms with van der Waals surface area (Å²) in [5, 5.41) is 0. The Morgan fingerprint density at radius 3 is 0.982 bits per heavy atom. The minimum absolute atomic E-state index is 0.417. The molecule has 6 nitrogen and oxygen atoms in total. The molecule has 2 saturated heterocycles. The molecule has 0 saturated carbocycles. The van der Waals surface area contributed by atoms with E-state index in [2.05, 4.69) is 158 Å². The molecule has 6 aromatic carbocycles.